The largest absolute Gasteiger partial charge is 0.399 e. The summed E-state index contributed by atoms with van der Waals surface area (Å²) in [6, 6.07) is 7.83. The van der Waals surface area contributed by atoms with Gasteiger partial charge in [0, 0.05) is 24.2 Å². The minimum absolute atomic E-state index is 0.537. The van der Waals surface area contributed by atoms with Crippen LogP contribution in [0.25, 0.3) is 11.4 Å². The van der Waals surface area contributed by atoms with Crippen LogP contribution in [0.3, 0.4) is 0 Å². The van der Waals surface area contributed by atoms with Crippen molar-refractivity contribution in [1.82, 2.24) is 14.8 Å². The monoisotopic (exact) mass is 256 g/mol. The number of nitrogens with zero attached hydrogens (tertiary/aromatic N) is 3. The highest BCUT2D eigenvalue weighted by atomic mass is 15.3. The zero-order valence-electron chi connectivity index (χ0n) is 11.3. The molecular formula is C15H20N4. The molecule has 3 rings (SSSR count). The second-order valence-corrected chi connectivity index (χ2v) is 5.38. The molecule has 4 heteroatoms. The van der Waals surface area contributed by atoms with Crippen LogP contribution in [0, 0.1) is 0 Å². The molecule has 1 heterocycles. The van der Waals surface area contributed by atoms with Gasteiger partial charge in [-0.2, -0.15) is 5.10 Å². The summed E-state index contributed by atoms with van der Waals surface area (Å²) in [5, 5.41) is 4.61. The molecule has 1 aromatic carbocycles. The summed E-state index contributed by atoms with van der Waals surface area (Å²) in [6.07, 6.45) is 6.40. The third-order valence-electron chi connectivity index (χ3n) is 3.89. The van der Waals surface area contributed by atoms with Crippen molar-refractivity contribution in [2.24, 2.45) is 7.05 Å². The first-order chi connectivity index (χ1) is 9.24. The van der Waals surface area contributed by atoms with E-state index in [1.165, 1.54) is 32.1 Å². The van der Waals surface area contributed by atoms with Crippen molar-refractivity contribution in [2.75, 3.05) is 5.73 Å². The first-order valence-electron chi connectivity index (χ1n) is 7.01. The maximum absolute atomic E-state index is 5.84. The molecule has 0 unspecified atom stereocenters. The van der Waals surface area contributed by atoms with Gasteiger partial charge in [-0.25, -0.2) is 9.67 Å². The van der Waals surface area contributed by atoms with E-state index in [1.54, 1.807) is 0 Å². The van der Waals surface area contributed by atoms with Crippen LogP contribution >= 0.6 is 0 Å². The highest BCUT2D eigenvalue weighted by Crippen LogP contribution is 2.32. The van der Waals surface area contributed by atoms with Gasteiger partial charge in [-0.1, -0.05) is 31.4 Å². The van der Waals surface area contributed by atoms with E-state index in [0.717, 1.165) is 22.9 Å². The SMILES string of the molecule is Cn1nc(C2CCCCC2)nc1-c1cccc(N)c1. The second kappa shape index (κ2) is 5.03. The van der Waals surface area contributed by atoms with E-state index >= 15 is 0 Å². The van der Waals surface area contributed by atoms with Gasteiger partial charge in [0.05, 0.1) is 0 Å². The summed E-state index contributed by atoms with van der Waals surface area (Å²) >= 11 is 0. The quantitative estimate of drug-likeness (QED) is 0.840. The van der Waals surface area contributed by atoms with Crippen molar-refractivity contribution < 1.29 is 0 Å². The minimum Gasteiger partial charge on any atom is -0.399 e. The molecule has 4 nitrogen and oxygen atoms in total. The standard InChI is InChI=1S/C15H20N4/c1-19-15(12-8-5-9-13(16)10-12)17-14(18-19)11-6-3-2-4-7-11/h5,8-11H,2-4,6-7,16H2,1H3. The number of hydrogen-bond acceptors (Lipinski definition) is 3. The summed E-state index contributed by atoms with van der Waals surface area (Å²) in [7, 11) is 1.96. The molecule has 0 amide bonds. The van der Waals surface area contributed by atoms with Crippen molar-refractivity contribution >= 4 is 5.69 Å². The number of benzene rings is 1. The van der Waals surface area contributed by atoms with Gasteiger partial charge in [-0.15, -0.1) is 0 Å². The lowest BCUT2D eigenvalue weighted by molar-refractivity contribution is 0.427. The number of hydrogen-bond donors (Lipinski definition) is 1. The summed E-state index contributed by atoms with van der Waals surface area (Å²) in [5.74, 6) is 2.45. The Morgan fingerprint density at radius 3 is 2.74 bits per heavy atom. The first kappa shape index (κ1) is 12.2. The number of aromatic nitrogens is 3. The van der Waals surface area contributed by atoms with Crippen molar-refractivity contribution in [2.45, 2.75) is 38.0 Å². The third kappa shape index (κ3) is 2.48. The summed E-state index contributed by atoms with van der Waals surface area (Å²) < 4.78 is 1.87. The molecule has 100 valence electrons. The van der Waals surface area contributed by atoms with Crippen LogP contribution < -0.4 is 5.73 Å². The van der Waals surface area contributed by atoms with Gasteiger partial charge < -0.3 is 5.73 Å². The average molecular weight is 256 g/mol. The van der Waals surface area contributed by atoms with Gasteiger partial charge in [0.1, 0.15) is 0 Å². The fraction of sp³-hybridized carbons (Fsp3) is 0.467. The topological polar surface area (TPSA) is 56.7 Å². The first-order valence-corrected chi connectivity index (χ1v) is 7.01. The van der Waals surface area contributed by atoms with E-state index in [2.05, 4.69) is 5.10 Å². The fourth-order valence-corrected chi connectivity index (χ4v) is 2.87. The Balaban J connectivity index is 1.92. The van der Waals surface area contributed by atoms with Crippen molar-refractivity contribution in [1.29, 1.82) is 0 Å². The van der Waals surface area contributed by atoms with Gasteiger partial charge >= 0.3 is 0 Å². The van der Waals surface area contributed by atoms with Crippen LogP contribution in [-0.2, 0) is 7.05 Å². The predicted molar refractivity (Wildman–Crippen MR) is 76.7 cm³/mol. The van der Waals surface area contributed by atoms with E-state index in [1.807, 2.05) is 36.0 Å². The molecule has 0 saturated heterocycles. The molecule has 1 fully saturated rings. The van der Waals surface area contributed by atoms with E-state index in [0.29, 0.717) is 5.92 Å². The predicted octanol–water partition coefficient (Wildman–Crippen LogP) is 3.11. The molecule has 1 aliphatic carbocycles. The van der Waals surface area contributed by atoms with Crippen LogP contribution in [0.1, 0.15) is 43.8 Å². The van der Waals surface area contributed by atoms with Gasteiger partial charge in [0.15, 0.2) is 11.6 Å². The second-order valence-electron chi connectivity index (χ2n) is 5.38. The van der Waals surface area contributed by atoms with Crippen molar-refractivity contribution in [3.63, 3.8) is 0 Å². The molecule has 0 radical (unpaired) electrons. The molecule has 0 bridgehead atoms. The van der Waals surface area contributed by atoms with Gasteiger partial charge in [0.25, 0.3) is 0 Å². The highest BCUT2D eigenvalue weighted by molar-refractivity contribution is 5.61. The van der Waals surface area contributed by atoms with Crippen LogP contribution in [0.2, 0.25) is 0 Å². The smallest absolute Gasteiger partial charge is 0.158 e. The Bertz CT molecular complexity index is 567. The highest BCUT2D eigenvalue weighted by Gasteiger charge is 2.21. The van der Waals surface area contributed by atoms with Crippen LogP contribution in [0.15, 0.2) is 24.3 Å². The summed E-state index contributed by atoms with van der Waals surface area (Å²) in [4.78, 5) is 4.74. The molecule has 1 saturated carbocycles. The number of anilines is 1. The van der Waals surface area contributed by atoms with Crippen LogP contribution in [0.5, 0.6) is 0 Å². The lowest BCUT2D eigenvalue weighted by Crippen LogP contribution is -2.06. The lowest BCUT2D eigenvalue weighted by atomic mass is 9.89. The van der Waals surface area contributed by atoms with E-state index < -0.39 is 0 Å². The minimum atomic E-state index is 0.537. The molecule has 0 atom stereocenters. The summed E-state index contributed by atoms with van der Waals surface area (Å²) in [6.45, 7) is 0. The van der Waals surface area contributed by atoms with Crippen molar-refractivity contribution in [3.05, 3.63) is 30.1 Å². The maximum Gasteiger partial charge on any atom is 0.158 e. The molecule has 1 aromatic heterocycles. The lowest BCUT2D eigenvalue weighted by Gasteiger charge is -2.18. The average Bonchev–Trinajstić information content (AvgIpc) is 2.82. The van der Waals surface area contributed by atoms with Crippen LogP contribution in [-0.4, -0.2) is 14.8 Å². The molecule has 1 aliphatic rings. The van der Waals surface area contributed by atoms with E-state index in [-0.39, 0.29) is 0 Å². The van der Waals surface area contributed by atoms with Crippen LogP contribution in [0.4, 0.5) is 5.69 Å². The molecule has 19 heavy (non-hydrogen) atoms. The maximum atomic E-state index is 5.84. The molecule has 0 spiro atoms. The molecule has 2 N–H and O–H groups in total. The molecule has 0 aliphatic heterocycles. The number of rotatable bonds is 2. The van der Waals surface area contributed by atoms with E-state index in [4.69, 9.17) is 10.7 Å². The Kier molecular flexibility index (Phi) is 3.23. The Labute approximate surface area is 113 Å². The van der Waals surface area contributed by atoms with Gasteiger partial charge in [0.2, 0.25) is 0 Å². The fourth-order valence-electron chi connectivity index (χ4n) is 2.87. The molecular weight excluding hydrogens is 236 g/mol. The Morgan fingerprint density at radius 2 is 2.00 bits per heavy atom. The van der Waals surface area contributed by atoms with Crippen molar-refractivity contribution in [3.8, 4) is 11.4 Å². The zero-order valence-corrected chi connectivity index (χ0v) is 11.3. The number of nitrogen functional groups attached to an aromatic ring is 1. The normalized spacial score (nSPS) is 16.7. The molecule has 2 aromatic rings. The Morgan fingerprint density at radius 1 is 1.21 bits per heavy atom. The van der Waals surface area contributed by atoms with Gasteiger partial charge in [-0.3, -0.25) is 0 Å². The van der Waals surface area contributed by atoms with Gasteiger partial charge in [-0.05, 0) is 25.0 Å². The number of nitrogens with two attached hydrogens (primary N) is 1. The zero-order chi connectivity index (χ0) is 13.2. The third-order valence-corrected chi connectivity index (χ3v) is 3.89. The van der Waals surface area contributed by atoms with E-state index in [9.17, 15) is 0 Å². The number of aryl methyl sites for hydroxylation is 1. The summed E-state index contributed by atoms with van der Waals surface area (Å²) in [5.41, 5.74) is 7.64. The Hall–Kier alpha value is -1.84.